The normalized spacial score (nSPS) is 13.1. The molecule has 0 saturated heterocycles. The third-order valence-electron chi connectivity index (χ3n) is 6.20. The highest BCUT2D eigenvalue weighted by Crippen LogP contribution is 2.14. The molecule has 0 aliphatic carbocycles. The fourth-order valence-corrected chi connectivity index (χ4v) is 4.62. The summed E-state index contributed by atoms with van der Waals surface area (Å²) in [6, 6.07) is 0. The van der Waals surface area contributed by atoms with Crippen LogP contribution in [0.2, 0.25) is 0 Å². The largest absolute Gasteiger partial charge is 0.466 e. The van der Waals surface area contributed by atoms with Gasteiger partial charge in [0.25, 0.3) is 10.1 Å². The zero-order valence-corrected chi connectivity index (χ0v) is 24.3. The van der Waals surface area contributed by atoms with Crippen LogP contribution in [0.4, 0.5) is 0 Å². The van der Waals surface area contributed by atoms with Crippen molar-refractivity contribution in [2.75, 3.05) is 26.4 Å². The topological polar surface area (TPSA) is 136 Å². The van der Waals surface area contributed by atoms with Crippen LogP contribution < -0.4 is 0 Å². The third-order valence-corrected chi connectivity index (χ3v) is 7.28. The Balaban J connectivity index is 3.84. The van der Waals surface area contributed by atoms with Crippen LogP contribution in [0.3, 0.4) is 0 Å². The van der Waals surface area contributed by atoms with Crippen molar-refractivity contribution < 1.29 is 41.9 Å². The van der Waals surface area contributed by atoms with Gasteiger partial charge in [0.15, 0.2) is 5.25 Å². The molecule has 2 atom stereocenters. The fraction of sp³-hybridized carbons (Fsp3) is 0.857. The Hall–Kier alpha value is -1.49. The maximum absolute atomic E-state index is 12.1. The lowest BCUT2D eigenvalue weighted by atomic mass is 10.0. The average Bonchev–Trinajstić information content (AvgIpc) is 2.87. The summed E-state index contributed by atoms with van der Waals surface area (Å²) < 4.78 is 47.2. The van der Waals surface area contributed by atoms with E-state index in [2.05, 4.69) is 13.5 Å². The first-order valence-corrected chi connectivity index (χ1v) is 15.9. The van der Waals surface area contributed by atoms with Gasteiger partial charge >= 0.3 is 11.9 Å². The molecule has 224 valence electrons. The summed E-state index contributed by atoms with van der Waals surface area (Å²) in [6.45, 7) is 5.29. The van der Waals surface area contributed by atoms with Crippen LogP contribution in [-0.2, 0) is 33.9 Å². The van der Waals surface area contributed by atoms with E-state index in [9.17, 15) is 27.7 Å². The number of hydrogen-bond acceptors (Lipinski definition) is 8. The zero-order valence-electron chi connectivity index (χ0n) is 23.4. The second kappa shape index (κ2) is 24.5. The van der Waals surface area contributed by atoms with Crippen molar-refractivity contribution in [1.29, 1.82) is 0 Å². The van der Waals surface area contributed by atoms with Gasteiger partial charge in [0, 0.05) is 0 Å². The quantitative estimate of drug-likeness (QED) is 0.0570. The number of carbonyl (C=O) groups is 2. The van der Waals surface area contributed by atoms with Crippen LogP contribution in [0, 0.1) is 0 Å². The average molecular weight is 565 g/mol. The number of aliphatic hydroxyl groups excluding tert-OH is 1. The highest BCUT2D eigenvalue weighted by atomic mass is 32.2. The van der Waals surface area contributed by atoms with Crippen LogP contribution in [-0.4, -0.2) is 67.8 Å². The molecule has 2 unspecified atom stereocenters. The van der Waals surface area contributed by atoms with Crippen molar-refractivity contribution in [3.8, 4) is 0 Å². The molecule has 0 aromatic carbocycles. The Morgan fingerprint density at radius 2 is 1.26 bits per heavy atom. The first kappa shape index (κ1) is 36.5. The van der Waals surface area contributed by atoms with Crippen LogP contribution in [0.1, 0.15) is 116 Å². The second-order valence-electron chi connectivity index (χ2n) is 9.84. The van der Waals surface area contributed by atoms with Gasteiger partial charge in [0.05, 0.1) is 26.2 Å². The fourth-order valence-electron chi connectivity index (χ4n) is 3.96. The molecule has 0 rings (SSSR count). The first-order chi connectivity index (χ1) is 18.2. The number of rotatable bonds is 27. The smallest absolute Gasteiger partial charge is 0.327 e. The number of aliphatic hydroxyl groups is 1. The molecular formula is C28H52O9S. The highest BCUT2D eigenvalue weighted by Gasteiger charge is 2.36. The van der Waals surface area contributed by atoms with Gasteiger partial charge in [0.2, 0.25) is 0 Å². The third kappa shape index (κ3) is 22.5. The number of ether oxygens (including phenoxy) is 3. The minimum atomic E-state index is -4.89. The van der Waals surface area contributed by atoms with Gasteiger partial charge in [-0.15, -0.1) is 6.58 Å². The van der Waals surface area contributed by atoms with Crippen molar-refractivity contribution in [2.45, 2.75) is 127 Å². The molecule has 0 radical (unpaired) electrons. The zero-order chi connectivity index (χ0) is 28.5. The standard InChI is InChI=1S/C28H52O9S/c1-3-5-6-7-8-9-10-11-12-13-14-15-16-17-18-19-21-36-27(30)22-26(38(32,33)34)28(31)37-24-25(29)23-35-20-4-2/h4,25-26,29H,2-3,5-24H2,1H3,(H,32,33,34). The molecule has 10 heteroatoms. The van der Waals surface area contributed by atoms with E-state index in [1.165, 1.54) is 83.1 Å². The highest BCUT2D eigenvalue weighted by molar-refractivity contribution is 7.87. The molecule has 0 bridgehead atoms. The molecule has 2 N–H and O–H groups in total. The molecule has 0 saturated carbocycles. The maximum Gasteiger partial charge on any atom is 0.327 e. The van der Waals surface area contributed by atoms with Crippen molar-refractivity contribution in [2.24, 2.45) is 0 Å². The van der Waals surface area contributed by atoms with Crippen molar-refractivity contribution in [3.63, 3.8) is 0 Å². The van der Waals surface area contributed by atoms with E-state index in [0.717, 1.165) is 19.3 Å². The lowest BCUT2D eigenvalue weighted by Gasteiger charge is -2.15. The van der Waals surface area contributed by atoms with Crippen LogP contribution >= 0.6 is 0 Å². The van der Waals surface area contributed by atoms with E-state index in [4.69, 9.17) is 14.2 Å². The minimum Gasteiger partial charge on any atom is -0.466 e. The maximum atomic E-state index is 12.1. The van der Waals surface area contributed by atoms with E-state index in [0.29, 0.717) is 6.42 Å². The summed E-state index contributed by atoms with van der Waals surface area (Å²) in [5.74, 6) is -2.25. The summed E-state index contributed by atoms with van der Waals surface area (Å²) in [6.07, 6.45) is 19.0. The van der Waals surface area contributed by atoms with E-state index in [1.807, 2.05) is 0 Å². The molecule has 0 spiro atoms. The van der Waals surface area contributed by atoms with Gasteiger partial charge in [-0.05, 0) is 6.42 Å². The number of unbranched alkanes of at least 4 members (excludes halogenated alkanes) is 15. The Morgan fingerprint density at radius 1 is 0.789 bits per heavy atom. The van der Waals surface area contributed by atoms with Gasteiger partial charge in [0.1, 0.15) is 12.7 Å². The summed E-state index contributed by atoms with van der Waals surface area (Å²) in [4.78, 5) is 24.0. The first-order valence-electron chi connectivity index (χ1n) is 14.4. The molecule has 0 aliphatic heterocycles. The molecule has 0 amide bonds. The molecular weight excluding hydrogens is 512 g/mol. The summed E-state index contributed by atoms with van der Waals surface area (Å²) in [7, 11) is -4.89. The Bertz CT molecular complexity index is 709. The lowest BCUT2D eigenvalue weighted by Crippen LogP contribution is -2.36. The van der Waals surface area contributed by atoms with Crippen molar-refractivity contribution in [3.05, 3.63) is 12.7 Å². The van der Waals surface area contributed by atoms with Crippen molar-refractivity contribution >= 4 is 22.1 Å². The summed E-state index contributed by atoms with van der Waals surface area (Å²) in [5.41, 5.74) is 0. The van der Waals surface area contributed by atoms with Gasteiger partial charge in [-0.2, -0.15) is 8.42 Å². The van der Waals surface area contributed by atoms with E-state index < -0.39 is 46.4 Å². The SMILES string of the molecule is C=CCOCC(O)COC(=O)C(CC(=O)OCCCCCCCCCCCCCCCCCC)S(=O)(=O)O. The van der Waals surface area contributed by atoms with Gasteiger partial charge < -0.3 is 19.3 Å². The summed E-state index contributed by atoms with van der Waals surface area (Å²) >= 11 is 0. The predicted octanol–water partition coefficient (Wildman–Crippen LogP) is 5.54. The Labute approximate surface area is 230 Å². The Kier molecular flexibility index (Phi) is 23.6. The van der Waals surface area contributed by atoms with Crippen LogP contribution in [0.5, 0.6) is 0 Å². The molecule has 9 nitrogen and oxygen atoms in total. The van der Waals surface area contributed by atoms with E-state index >= 15 is 0 Å². The van der Waals surface area contributed by atoms with Gasteiger partial charge in [-0.3, -0.25) is 14.1 Å². The number of hydrogen-bond donors (Lipinski definition) is 2. The molecule has 0 fully saturated rings. The predicted molar refractivity (Wildman–Crippen MR) is 148 cm³/mol. The second-order valence-corrected chi connectivity index (χ2v) is 11.4. The molecule has 38 heavy (non-hydrogen) atoms. The van der Waals surface area contributed by atoms with E-state index in [-0.39, 0.29) is 19.8 Å². The monoisotopic (exact) mass is 564 g/mol. The number of esters is 2. The minimum absolute atomic E-state index is 0.115. The van der Waals surface area contributed by atoms with Crippen LogP contribution in [0.15, 0.2) is 12.7 Å². The van der Waals surface area contributed by atoms with Crippen molar-refractivity contribution in [1.82, 2.24) is 0 Å². The Morgan fingerprint density at radius 3 is 1.71 bits per heavy atom. The van der Waals surface area contributed by atoms with E-state index in [1.54, 1.807) is 0 Å². The van der Waals surface area contributed by atoms with Gasteiger partial charge in [-0.1, -0.05) is 109 Å². The van der Waals surface area contributed by atoms with Gasteiger partial charge in [-0.25, -0.2) is 0 Å². The molecule has 0 heterocycles. The molecule has 0 aromatic rings. The molecule has 0 aromatic heterocycles. The number of carbonyl (C=O) groups excluding carboxylic acids is 2. The summed E-state index contributed by atoms with van der Waals surface area (Å²) in [5, 5.41) is 7.56. The molecule has 0 aliphatic rings. The lowest BCUT2D eigenvalue weighted by molar-refractivity contribution is -0.152. The van der Waals surface area contributed by atoms with Crippen LogP contribution in [0.25, 0.3) is 0 Å².